The summed E-state index contributed by atoms with van der Waals surface area (Å²) >= 11 is 0. The molecule has 0 aliphatic carbocycles. The third kappa shape index (κ3) is 2.99. The second-order valence-corrected chi connectivity index (χ2v) is 5.94. The zero-order valence-corrected chi connectivity index (χ0v) is 14.9. The number of fused-ring (bicyclic) bond motifs is 1. The summed E-state index contributed by atoms with van der Waals surface area (Å²) in [5, 5.41) is 20.7. The van der Waals surface area contributed by atoms with Gasteiger partial charge in [0.15, 0.2) is 5.65 Å². The van der Waals surface area contributed by atoms with Gasteiger partial charge >= 0.3 is 0 Å². The van der Waals surface area contributed by atoms with Gasteiger partial charge < -0.3 is 10.1 Å². The van der Waals surface area contributed by atoms with E-state index in [0.717, 1.165) is 5.56 Å². The predicted molar refractivity (Wildman–Crippen MR) is 101 cm³/mol. The molecule has 0 aliphatic rings. The third-order valence-electron chi connectivity index (χ3n) is 4.40. The highest BCUT2D eigenvalue weighted by molar-refractivity contribution is 5.81. The molecule has 28 heavy (non-hydrogen) atoms. The number of nitrogens with one attached hydrogen (secondary N) is 1. The van der Waals surface area contributed by atoms with Crippen LogP contribution in [-0.4, -0.2) is 26.7 Å². The second kappa shape index (κ2) is 7.32. The summed E-state index contributed by atoms with van der Waals surface area (Å²) in [4.78, 5) is 4.10. The molecule has 0 fully saturated rings. The van der Waals surface area contributed by atoms with E-state index >= 15 is 0 Å². The Morgan fingerprint density at radius 3 is 2.89 bits per heavy atom. The zero-order chi connectivity index (χ0) is 19.5. The molecule has 3 heterocycles. The fraction of sp³-hybridized carbons (Fsp3) is 0.100. The summed E-state index contributed by atoms with van der Waals surface area (Å²) in [6, 6.07) is 14.0. The van der Waals surface area contributed by atoms with E-state index in [1.807, 2.05) is 18.2 Å². The summed E-state index contributed by atoms with van der Waals surface area (Å²) in [6.07, 6.45) is 3.13. The van der Waals surface area contributed by atoms with Gasteiger partial charge in [0.2, 0.25) is 0 Å². The van der Waals surface area contributed by atoms with Crippen LogP contribution < -0.4 is 10.1 Å². The van der Waals surface area contributed by atoms with Crippen molar-refractivity contribution in [3.63, 3.8) is 0 Å². The van der Waals surface area contributed by atoms with E-state index in [1.165, 1.54) is 13.2 Å². The normalized spacial score (nSPS) is 10.6. The molecule has 0 radical (unpaired) electrons. The predicted octanol–water partition coefficient (Wildman–Crippen LogP) is 3.42. The molecule has 7 nitrogen and oxygen atoms in total. The molecule has 0 atom stereocenters. The van der Waals surface area contributed by atoms with Crippen LogP contribution in [0.2, 0.25) is 0 Å². The van der Waals surface area contributed by atoms with Crippen LogP contribution in [0.5, 0.6) is 5.75 Å². The molecular weight excluding hydrogens is 359 g/mol. The van der Waals surface area contributed by atoms with E-state index in [-0.39, 0.29) is 12.4 Å². The van der Waals surface area contributed by atoms with E-state index in [9.17, 15) is 9.65 Å². The number of nitrogens with zero attached hydrogens (tertiary/aromatic N) is 5. The van der Waals surface area contributed by atoms with Gasteiger partial charge in [-0.15, -0.1) is 10.2 Å². The number of nitriles is 1. The monoisotopic (exact) mass is 374 g/mol. The standard InChI is InChI=1S/C20H15FN6O/c1-28-18-6-2-5-16(21)15(18)11-24-19-8-7-14(20-26-25-12-27(19)20)13-4-3-9-23-17(13)10-22/h2-9,12,24H,11H2,1H3. The lowest BCUT2D eigenvalue weighted by Crippen LogP contribution is -2.07. The van der Waals surface area contributed by atoms with Crippen LogP contribution in [0.15, 0.2) is 55.0 Å². The molecule has 0 saturated carbocycles. The summed E-state index contributed by atoms with van der Waals surface area (Å²) in [6.45, 7) is 0.221. The first-order valence-electron chi connectivity index (χ1n) is 8.46. The number of benzene rings is 1. The Balaban J connectivity index is 1.72. The van der Waals surface area contributed by atoms with Crippen LogP contribution >= 0.6 is 0 Å². The Morgan fingerprint density at radius 1 is 1.18 bits per heavy atom. The van der Waals surface area contributed by atoms with Gasteiger partial charge in [0.1, 0.15) is 35.5 Å². The van der Waals surface area contributed by atoms with E-state index in [4.69, 9.17) is 4.74 Å². The quantitative estimate of drug-likeness (QED) is 0.576. The molecule has 4 rings (SSSR count). The van der Waals surface area contributed by atoms with Crippen LogP contribution in [0.4, 0.5) is 10.2 Å². The molecule has 0 spiro atoms. The van der Waals surface area contributed by atoms with Crippen molar-refractivity contribution in [2.45, 2.75) is 6.54 Å². The fourth-order valence-corrected chi connectivity index (χ4v) is 3.06. The molecule has 0 unspecified atom stereocenters. The number of methoxy groups -OCH3 is 1. The zero-order valence-electron chi connectivity index (χ0n) is 14.9. The number of rotatable bonds is 5. The highest BCUT2D eigenvalue weighted by atomic mass is 19.1. The number of hydrogen-bond acceptors (Lipinski definition) is 6. The highest BCUT2D eigenvalue weighted by Crippen LogP contribution is 2.28. The first-order chi connectivity index (χ1) is 13.7. The smallest absolute Gasteiger partial charge is 0.170 e. The average molecular weight is 374 g/mol. The first kappa shape index (κ1) is 17.4. The molecule has 1 N–H and O–H groups in total. The topological polar surface area (TPSA) is 88.1 Å². The molecule has 0 amide bonds. The molecular formula is C20H15FN6O. The van der Waals surface area contributed by atoms with E-state index in [0.29, 0.717) is 34.0 Å². The van der Waals surface area contributed by atoms with Gasteiger partial charge in [-0.1, -0.05) is 6.07 Å². The van der Waals surface area contributed by atoms with Gasteiger partial charge in [-0.3, -0.25) is 4.40 Å². The van der Waals surface area contributed by atoms with Crippen molar-refractivity contribution in [3.05, 3.63) is 72.1 Å². The minimum atomic E-state index is -0.350. The lowest BCUT2D eigenvalue weighted by atomic mass is 10.1. The van der Waals surface area contributed by atoms with Crippen molar-refractivity contribution < 1.29 is 9.13 Å². The first-order valence-corrected chi connectivity index (χ1v) is 8.46. The number of aromatic nitrogens is 4. The number of anilines is 1. The minimum Gasteiger partial charge on any atom is -0.496 e. The number of hydrogen-bond donors (Lipinski definition) is 1. The number of pyridine rings is 2. The Labute approximate surface area is 160 Å². The van der Waals surface area contributed by atoms with Gasteiger partial charge in [-0.25, -0.2) is 9.37 Å². The van der Waals surface area contributed by atoms with Crippen molar-refractivity contribution in [1.29, 1.82) is 5.26 Å². The average Bonchev–Trinajstić information content (AvgIpc) is 3.22. The van der Waals surface area contributed by atoms with Crippen molar-refractivity contribution >= 4 is 11.5 Å². The van der Waals surface area contributed by atoms with Gasteiger partial charge in [0, 0.05) is 29.4 Å². The lowest BCUT2D eigenvalue weighted by Gasteiger charge is -2.14. The van der Waals surface area contributed by atoms with Gasteiger partial charge in [0.05, 0.1) is 7.11 Å². The van der Waals surface area contributed by atoms with Crippen molar-refractivity contribution in [1.82, 2.24) is 19.6 Å². The highest BCUT2D eigenvalue weighted by Gasteiger charge is 2.14. The molecule has 0 bridgehead atoms. The van der Waals surface area contributed by atoms with Gasteiger partial charge in [0.25, 0.3) is 0 Å². The van der Waals surface area contributed by atoms with E-state index in [1.54, 1.807) is 35.1 Å². The van der Waals surface area contributed by atoms with Crippen LogP contribution in [0.1, 0.15) is 11.3 Å². The van der Waals surface area contributed by atoms with Crippen LogP contribution in [0.3, 0.4) is 0 Å². The lowest BCUT2D eigenvalue weighted by molar-refractivity contribution is 0.405. The molecule has 0 saturated heterocycles. The maximum Gasteiger partial charge on any atom is 0.170 e. The molecule has 0 aliphatic heterocycles. The summed E-state index contributed by atoms with van der Waals surface area (Å²) < 4.78 is 21.2. The Morgan fingerprint density at radius 2 is 2.07 bits per heavy atom. The van der Waals surface area contributed by atoms with Crippen LogP contribution in [0, 0.1) is 17.1 Å². The van der Waals surface area contributed by atoms with Crippen LogP contribution in [-0.2, 0) is 6.54 Å². The van der Waals surface area contributed by atoms with Crippen molar-refractivity contribution in [2.24, 2.45) is 0 Å². The Hall–Kier alpha value is -3.99. The van der Waals surface area contributed by atoms with E-state index < -0.39 is 0 Å². The molecule has 138 valence electrons. The second-order valence-electron chi connectivity index (χ2n) is 5.94. The van der Waals surface area contributed by atoms with Gasteiger partial charge in [-0.2, -0.15) is 5.26 Å². The molecule has 1 aromatic carbocycles. The molecule has 3 aromatic heterocycles. The Bertz CT molecular complexity index is 1200. The third-order valence-corrected chi connectivity index (χ3v) is 4.40. The maximum atomic E-state index is 14.2. The number of ether oxygens (including phenoxy) is 1. The Kier molecular flexibility index (Phi) is 4.56. The largest absolute Gasteiger partial charge is 0.496 e. The van der Waals surface area contributed by atoms with Crippen molar-refractivity contribution in [2.75, 3.05) is 12.4 Å². The van der Waals surface area contributed by atoms with Gasteiger partial charge in [-0.05, 0) is 36.4 Å². The fourth-order valence-electron chi connectivity index (χ4n) is 3.06. The molecule has 4 aromatic rings. The maximum absolute atomic E-state index is 14.2. The summed E-state index contributed by atoms with van der Waals surface area (Å²) in [5.41, 5.74) is 2.70. The van der Waals surface area contributed by atoms with E-state index in [2.05, 4.69) is 26.6 Å². The SMILES string of the molecule is COc1cccc(F)c1CNc1ccc(-c2cccnc2C#N)c2nncn12. The van der Waals surface area contributed by atoms with Crippen LogP contribution in [0.25, 0.3) is 16.8 Å². The molecule has 8 heteroatoms. The number of halogens is 1. The minimum absolute atomic E-state index is 0.221. The summed E-state index contributed by atoms with van der Waals surface area (Å²) in [5.74, 6) is 0.798. The van der Waals surface area contributed by atoms with Crippen molar-refractivity contribution in [3.8, 4) is 22.9 Å². The summed E-state index contributed by atoms with van der Waals surface area (Å²) in [7, 11) is 1.51.